The molecule has 0 saturated carbocycles. The molecule has 3 aliphatic rings. The van der Waals surface area contributed by atoms with Crippen molar-refractivity contribution in [1.29, 1.82) is 0 Å². The van der Waals surface area contributed by atoms with E-state index in [1.165, 1.54) is 7.11 Å². The number of rotatable bonds is 9. The Hall–Kier alpha value is -2.59. The van der Waals surface area contributed by atoms with E-state index < -0.39 is 17.9 Å². The number of ether oxygens (including phenoxy) is 1. The lowest BCUT2D eigenvalue weighted by atomic mass is 9.78. The first-order chi connectivity index (χ1) is 18.7. The van der Waals surface area contributed by atoms with Crippen LogP contribution in [0, 0.1) is 0 Å². The summed E-state index contributed by atoms with van der Waals surface area (Å²) < 4.78 is 5.28. The third-order valence-electron chi connectivity index (χ3n) is 8.38. The molecule has 1 atom stereocenters. The van der Waals surface area contributed by atoms with E-state index in [0.29, 0.717) is 29.0 Å². The second-order valence-electron chi connectivity index (χ2n) is 10.8. The van der Waals surface area contributed by atoms with Gasteiger partial charge < -0.3 is 56.2 Å². The van der Waals surface area contributed by atoms with Crippen LogP contribution in [-0.2, 0) is 14.3 Å². The predicted octanol–water partition coefficient (Wildman–Crippen LogP) is -0.889. The number of carbonyl (C=O) groups is 2. The number of halogens is 1. The Bertz CT molecular complexity index is 1120. The molecule has 4 rings (SSSR count). The maximum Gasteiger partial charge on any atom is 0.336 e. The van der Waals surface area contributed by atoms with Gasteiger partial charge in [-0.15, -0.1) is 0 Å². The van der Waals surface area contributed by atoms with Crippen molar-refractivity contribution in [3.8, 4) is 0 Å². The minimum atomic E-state index is -1.04. The number of carboxylic acid groups (broad SMARTS) is 1. The summed E-state index contributed by atoms with van der Waals surface area (Å²) in [6.45, 7) is 9.32. The van der Waals surface area contributed by atoms with Gasteiger partial charge in [0.2, 0.25) is 0 Å². The van der Waals surface area contributed by atoms with Crippen LogP contribution < -0.4 is 0 Å². The van der Waals surface area contributed by atoms with E-state index in [1.807, 2.05) is 30.1 Å². The Morgan fingerprint density at radius 2 is 1.23 bits per heavy atom. The highest BCUT2D eigenvalue weighted by molar-refractivity contribution is 6.31. The van der Waals surface area contributed by atoms with Crippen molar-refractivity contribution in [2.24, 2.45) is 0 Å². The third-order valence-corrected chi connectivity index (χ3v) is 8.73. The maximum absolute atomic E-state index is 13.4. The zero-order valence-electron chi connectivity index (χ0n) is 25.7. The minimum Gasteiger partial charge on any atom is -0.478 e. The third kappa shape index (κ3) is 9.45. The Morgan fingerprint density at radius 1 is 0.791 bits per heavy atom. The van der Waals surface area contributed by atoms with Gasteiger partial charge in [0.1, 0.15) is 0 Å². The molecule has 1 unspecified atom stereocenters. The van der Waals surface area contributed by atoms with Gasteiger partial charge >= 0.3 is 11.9 Å². The molecule has 3 aliphatic heterocycles. The van der Waals surface area contributed by atoms with Crippen LogP contribution in [0.4, 0.5) is 0 Å². The number of aliphatic carboxylic acids is 1. The largest absolute Gasteiger partial charge is 0.478 e. The van der Waals surface area contributed by atoms with Crippen LogP contribution in [0.1, 0.15) is 24.3 Å². The van der Waals surface area contributed by atoms with Crippen LogP contribution in [0.3, 0.4) is 0 Å². The molecule has 0 aromatic heterocycles. The van der Waals surface area contributed by atoms with Gasteiger partial charge in [-0.2, -0.15) is 0 Å². The van der Waals surface area contributed by atoms with Crippen molar-refractivity contribution in [2.75, 3.05) is 93.7 Å². The van der Waals surface area contributed by atoms with E-state index in [2.05, 4.69) is 33.7 Å². The lowest BCUT2D eigenvalue weighted by Crippen LogP contribution is -2.46. The van der Waals surface area contributed by atoms with Crippen LogP contribution >= 0.6 is 11.6 Å². The molecule has 13 nitrogen and oxygen atoms in total. The van der Waals surface area contributed by atoms with Crippen molar-refractivity contribution >= 4 is 23.5 Å². The molecule has 0 spiro atoms. The molecule has 0 amide bonds. The molecule has 2 fully saturated rings. The first-order valence-corrected chi connectivity index (χ1v) is 14.2. The quantitative estimate of drug-likeness (QED) is 0.335. The Labute approximate surface area is 259 Å². The zero-order valence-corrected chi connectivity index (χ0v) is 26.4. The average molecular weight is 632 g/mol. The van der Waals surface area contributed by atoms with Crippen LogP contribution in [-0.4, -0.2) is 157 Å². The highest BCUT2D eigenvalue weighted by atomic mass is 35.5. The molecule has 246 valence electrons. The van der Waals surface area contributed by atoms with Gasteiger partial charge in [0.15, 0.2) is 0 Å². The second-order valence-corrected chi connectivity index (χ2v) is 11.2. The molecule has 14 heteroatoms. The average Bonchev–Trinajstić information content (AvgIpc) is 2.92. The summed E-state index contributed by atoms with van der Waals surface area (Å²) >= 11 is 6.67. The van der Waals surface area contributed by atoms with Crippen molar-refractivity contribution in [3.63, 3.8) is 0 Å². The van der Waals surface area contributed by atoms with Gasteiger partial charge in [-0.1, -0.05) is 29.8 Å². The summed E-state index contributed by atoms with van der Waals surface area (Å²) in [4.78, 5) is 37.7. The molecular weight excluding hydrogens is 582 g/mol. The van der Waals surface area contributed by atoms with Crippen LogP contribution in [0.25, 0.3) is 0 Å². The molecule has 2 saturated heterocycles. The number of carbonyl (C=O) groups excluding carboxylic acids is 1. The van der Waals surface area contributed by atoms with Crippen molar-refractivity contribution in [1.82, 2.24) is 24.5 Å². The summed E-state index contributed by atoms with van der Waals surface area (Å²) in [5.74, 6) is -2.37. The highest BCUT2D eigenvalue weighted by Gasteiger charge is 2.42. The fourth-order valence-corrected chi connectivity index (χ4v) is 6.14. The molecule has 0 radical (unpaired) electrons. The Morgan fingerprint density at radius 3 is 1.65 bits per heavy atom. The molecule has 0 aliphatic carbocycles. The highest BCUT2D eigenvalue weighted by Crippen LogP contribution is 2.45. The lowest BCUT2D eigenvalue weighted by Gasteiger charge is -2.40. The summed E-state index contributed by atoms with van der Waals surface area (Å²) in [6, 6.07) is 7.22. The standard InChI is InChI=1S/C29H42ClN5O4.4H2O/c1-31-13-17-34(18-14-31)11-9-23-26(28(36)37)25(21-7-5-6-8-22(21)30)27(29(38)39-4)24(33(23)3)10-12-35-19-15-32(2)16-20-35;;;;/h5-8,25H,9-20H2,1-4H3,(H,36,37);4*1H2. The number of likely N-dealkylation sites (N-methyl/N-ethyl adjacent to an activating group) is 2. The number of nitrogens with zero attached hydrogens (tertiary/aromatic N) is 5. The smallest absolute Gasteiger partial charge is 0.336 e. The van der Waals surface area contributed by atoms with E-state index in [4.69, 9.17) is 16.3 Å². The van der Waals surface area contributed by atoms with Gasteiger partial charge in [0, 0.05) is 102 Å². The van der Waals surface area contributed by atoms with Gasteiger partial charge in [-0.05, 0) is 25.7 Å². The van der Waals surface area contributed by atoms with Crippen molar-refractivity contribution in [3.05, 3.63) is 57.4 Å². The number of benzene rings is 1. The number of piperazine rings is 2. The fraction of sp³-hybridized carbons (Fsp3) is 0.586. The number of hydrogen-bond acceptors (Lipinski definition) is 8. The Balaban J connectivity index is 0.00000441. The van der Waals surface area contributed by atoms with Gasteiger partial charge in [-0.3, -0.25) is 0 Å². The topological polar surface area (TPSA) is 206 Å². The Kier molecular flexibility index (Phi) is 17.2. The second kappa shape index (κ2) is 18.3. The van der Waals surface area contributed by atoms with Crippen LogP contribution in [0.15, 0.2) is 46.8 Å². The molecule has 1 aromatic rings. The van der Waals surface area contributed by atoms with Crippen molar-refractivity contribution < 1.29 is 41.3 Å². The lowest BCUT2D eigenvalue weighted by molar-refractivity contribution is -0.136. The van der Waals surface area contributed by atoms with E-state index >= 15 is 0 Å². The molecule has 3 heterocycles. The molecular formula is C29H50ClN5O8. The minimum absolute atomic E-state index is 0. The summed E-state index contributed by atoms with van der Waals surface area (Å²) in [7, 11) is 7.50. The predicted molar refractivity (Wildman–Crippen MR) is 167 cm³/mol. The van der Waals surface area contributed by atoms with Crippen molar-refractivity contribution in [2.45, 2.75) is 18.8 Å². The van der Waals surface area contributed by atoms with Gasteiger partial charge in [0.05, 0.1) is 24.2 Å². The monoisotopic (exact) mass is 631 g/mol. The summed E-state index contributed by atoms with van der Waals surface area (Å²) in [6.07, 6.45) is 1.17. The summed E-state index contributed by atoms with van der Waals surface area (Å²) in [5, 5.41) is 11.0. The van der Waals surface area contributed by atoms with Gasteiger partial charge in [-0.25, -0.2) is 9.59 Å². The van der Waals surface area contributed by atoms with Crippen LogP contribution in [0.2, 0.25) is 5.02 Å². The number of carboxylic acids is 1. The number of esters is 1. The first-order valence-electron chi connectivity index (χ1n) is 13.8. The fourth-order valence-electron chi connectivity index (χ4n) is 5.89. The van der Waals surface area contributed by atoms with E-state index in [1.54, 1.807) is 6.07 Å². The number of methoxy groups -OCH3 is 1. The zero-order chi connectivity index (χ0) is 28.1. The van der Waals surface area contributed by atoms with E-state index in [0.717, 1.165) is 76.8 Å². The first kappa shape index (κ1) is 40.4. The van der Waals surface area contributed by atoms with E-state index in [9.17, 15) is 14.7 Å². The normalized spacial score (nSPS) is 20.4. The van der Waals surface area contributed by atoms with Gasteiger partial charge in [0.25, 0.3) is 0 Å². The maximum atomic E-state index is 13.4. The van der Waals surface area contributed by atoms with E-state index in [-0.39, 0.29) is 27.5 Å². The molecule has 1 aromatic carbocycles. The molecule has 9 N–H and O–H groups in total. The SMILES string of the molecule is COC(=O)C1=C(CCN2CCN(C)CC2)N(C)C(CCN2CCN(C)CC2)=C(C(=O)O)C1c1ccccc1Cl.O.O.O.O. The van der Waals surface area contributed by atoms with Crippen LogP contribution in [0.5, 0.6) is 0 Å². The molecule has 0 bridgehead atoms. The number of hydrogen-bond donors (Lipinski definition) is 1. The summed E-state index contributed by atoms with van der Waals surface area (Å²) in [5.41, 5.74) is 2.71. The molecule has 43 heavy (non-hydrogen) atoms.